The van der Waals surface area contributed by atoms with Gasteiger partial charge >= 0.3 is 0 Å². The van der Waals surface area contributed by atoms with Gasteiger partial charge in [0.1, 0.15) is 6.33 Å². The smallest absolute Gasteiger partial charge is 0.116 e. The van der Waals surface area contributed by atoms with Crippen LogP contribution in [0.4, 0.5) is 0 Å². The molecule has 0 fully saturated rings. The first-order valence-electron chi connectivity index (χ1n) is 8.24. The third kappa shape index (κ3) is 2.72. The second-order valence-corrected chi connectivity index (χ2v) is 6.19. The van der Waals surface area contributed by atoms with Crippen LogP contribution in [0.25, 0.3) is 11.0 Å². The van der Waals surface area contributed by atoms with Crippen molar-refractivity contribution in [2.45, 2.75) is 44.6 Å². The fraction of sp³-hybridized carbons (Fsp3) is 0.389. The van der Waals surface area contributed by atoms with Crippen molar-refractivity contribution in [3.05, 3.63) is 53.4 Å². The molecule has 0 spiro atoms. The normalized spacial score (nSPS) is 16.0. The summed E-state index contributed by atoms with van der Waals surface area (Å²) in [5, 5.41) is 10.5. The molecular formula is C18H20N4O. The first-order chi connectivity index (χ1) is 11.3. The highest BCUT2D eigenvalue weighted by Gasteiger charge is 2.19. The number of pyridine rings is 1. The topological polar surface area (TPSA) is 74.7 Å². The second kappa shape index (κ2) is 6.08. The van der Waals surface area contributed by atoms with Crippen LogP contribution in [0.2, 0.25) is 0 Å². The summed E-state index contributed by atoms with van der Waals surface area (Å²) < 4.78 is 0. The predicted molar refractivity (Wildman–Crippen MR) is 88.0 cm³/mol. The van der Waals surface area contributed by atoms with Crippen molar-refractivity contribution in [1.82, 2.24) is 19.9 Å². The maximum Gasteiger partial charge on any atom is 0.116 e. The Morgan fingerprint density at radius 2 is 1.91 bits per heavy atom. The van der Waals surface area contributed by atoms with Crippen molar-refractivity contribution in [3.8, 4) is 0 Å². The summed E-state index contributed by atoms with van der Waals surface area (Å²) in [6.07, 6.45) is 10.8. The summed E-state index contributed by atoms with van der Waals surface area (Å²) in [4.78, 5) is 16.5. The summed E-state index contributed by atoms with van der Waals surface area (Å²) in [5.74, 6) is 0. The molecule has 2 N–H and O–H groups in total. The quantitative estimate of drug-likeness (QED) is 0.730. The van der Waals surface area contributed by atoms with Crippen LogP contribution < -0.4 is 0 Å². The van der Waals surface area contributed by atoms with Crippen LogP contribution in [0.5, 0.6) is 0 Å². The van der Waals surface area contributed by atoms with Gasteiger partial charge in [0.05, 0.1) is 22.8 Å². The number of aliphatic hydroxyl groups is 1. The van der Waals surface area contributed by atoms with Crippen LogP contribution in [0.3, 0.4) is 0 Å². The molecule has 3 aromatic heterocycles. The number of hydrogen-bond acceptors (Lipinski definition) is 4. The van der Waals surface area contributed by atoms with Gasteiger partial charge in [0.25, 0.3) is 0 Å². The molecule has 0 aromatic carbocycles. The lowest BCUT2D eigenvalue weighted by molar-refractivity contribution is 0.177. The van der Waals surface area contributed by atoms with E-state index in [1.54, 1.807) is 18.7 Å². The van der Waals surface area contributed by atoms with Gasteiger partial charge in [-0.25, -0.2) is 9.97 Å². The average Bonchev–Trinajstić information content (AvgIpc) is 2.78. The largest absolute Gasteiger partial charge is 0.388 e. The lowest BCUT2D eigenvalue weighted by atomic mass is 10.0. The lowest BCUT2D eigenvalue weighted by Crippen LogP contribution is -2.04. The van der Waals surface area contributed by atoms with Gasteiger partial charge in [-0.05, 0) is 48.9 Å². The van der Waals surface area contributed by atoms with E-state index in [4.69, 9.17) is 0 Å². The molecule has 23 heavy (non-hydrogen) atoms. The van der Waals surface area contributed by atoms with E-state index < -0.39 is 6.10 Å². The Kier molecular flexibility index (Phi) is 3.79. The minimum Gasteiger partial charge on any atom is -0.388 e. The van der Waals surface area contributed by atoms with E-state index in [9.17, 15) is 5.11 Å². The number of aliphatic hydroxyl groups excluding tert-OH is 1. The fourth-order valence-corrected chi connectivity index (χ4v) is 3.46. The summed E-state index contributed by atoms with van der Waals surface area (Å²) in [5.41, 5.74) is 6.42. The Labute approximate surface area is 134 Å². The molecule has 0 radical (unpaired) electrons. The molecule has 0 amide bonds. The van der Waals surface area contributed by atoms with Crippen LogP contribution in [0.15, 0.2) is 30.9 Å². The molecule has 1 aliphatic carbocycles. The Balaban J connectivity index is 1.70. The molecule has 5 nitrogen and oxygen atoms in total. The number of fused-ring (bicyclic) bond motifs is 3. The molecular weight excluding hydrogens is 288 g/mol. The van der Waals surface area contributed by atoms with Crippen molar-refractivity contribution in [3.63, 3.8) is 0 Å². The molecule has 118 valence electrons. The Morgan fingerprint density at radius 3 is 2.78 bits per heavy atom. The van der Waals surface area contributed by atoms with E-state index >= 15 is 0 Å². The molecule has 1 aliphatic rings. The van der Waals surface area contributed by atoms with Gasteiger partial charge in [0.15, 0.2) is 0 Å². The van der Waals surface area contributed by atoms with Crippen LogP contribution in [0.1, 0.15) is 47.9 Å². The molecule has 3 heterocycles. The third-order valence-electron chi connectivity index (χ3n) is 4.68. The SMILES string of the molecule is OC(Cc1ncnc2c3c([nH]c12)CCCCC3)c1ccncc1. The number of hydrogen-bond donors (Lipinski definition) is 2. The molecule has 0 bridgehead atoms. The van der Waals surface area contributed by atoms with Crippen LogP contribution in [-0.2, 0) is 19.3 Å². The van der Waals surface area contributed by atoms with E-state index in [1.165, 1.54) is 30.5 Å². The van der Waals surface area contributed by atoms with Gasteiger partial charge in [-0.3, -0.25) is 4.98 Å². The van der Waals surface area contributed by atoms with Crippen LogP contribution >= 0.6 is 0 Å². The van der Waals surface area contributed by atoms with Crippen molar-refractivity contribution in [2.24, 2.45) is 0 Å². The Bertz CT molecular complexity index is 813. The van der Waals surface area contributed by atoms with E-state index in [1.807, 2.05) is 12.1 Å². The van der Waals surface area contributed by atoms with Gasteiger partial charge in [-0.15, -0.1) is 0 Å². The number of aromatic amines is 1. The Hall–Kier alpha value is -2.27. The maximum atomic E-state index is 10.5. The van der Waals surface area contributed by atoms with Crippen molar-refractivity contribution >= 4 is 11.0 Å². The van der Waals surface area contributed by atoms with Crippen molar-refractivity contribution in [1.29, 1.82) is 0 Å². The first-order valence-corrected chi connectivity index (χ1v) is 8.24. The second-order valence-electron chi connectivity index (χ2n) is 6.19. The minimum atomic E-state index is -0.584. The lowest BCUT2D eigenvalue weighted by Gasteiger charge is -2.10. The highest BCUT2D eigenvalue weighted by Crippen LogP contribution is 2.29. The average molecular weight is 308 g/mol. The maximum absolute atomic E-state index is 10.5. The van der Waals surface area contributed by atoms with Gasteiger partial charge in [-0.2, -0.15) is 0 Å². The monoisotopic (exact) mass is 308 g/mol. The molecule has 5 heteroatoms. The summed E-state index contributed by atoms with van der Waals surface area (Å²) >= 11 is 0. The van der Waals surface area contributed by atoms with E-state index in [2.05, 4.69) is 19.9 Å². The summed E-state index contributed by atoms with van der Waals surface area (Å²) in [6.45, 7) is 0. The molecule has 0 aliphatic heterocycles. The Morgan fingerprint density at radius 1 is 1.09 bits per heavy atom. The van der Waals surface area contributed by atoms with Gasteiger partial charge in [-0.1, -0.05) is 6.42 Å². The van der Waals surface area contributed by atoms with E-state index in [0.717, 1.165) is 35.1 Å². The summed E-state index contributed by atoms with van der Waals surface area (Å²) in [6, 6.07) is 3.68. The fourth-order valence-electron chi connectivity index (χ4n) is 3.46. The van der Waals surface area contributed by atoms with Crippen molar-refractivity contribution < 1.29 is 5.11 Å². The minimum absolute atomic E-state index is 0.475. The van der Waals surface area contributed by atoms with Gasteiger partial charge in [0.2, 0.25) is 0 Å². The van der Waals surface area contributed by atoms with Crippen LogP contribution in [-0.4, -0.2) is 25.0 Å². The zero-order valence-electron chi connectivity index (χ0n) is 13.0. The molecule has 1 atom stereocenters. The number of H-pyrrole nitrogens is 1. The molecule has 1 unspecified atom stereocenters. The highest BCUT2D eigenvalue weighted by molar-refractivity contribution is 5.82. The van der Waals surface area contributed by atoms with Gasteiger partial charge in [0, 0.05) is 24.5 Å². The first kappa shape index (κ1) is 14.3. The summed E-state index contributed by atoms with van der Waals surface area (Å²) in [7, 11) is 0. The standard InChI is InChI=1S/C18H20N4O/c23-16(12-6-8-19-9-7-12)10-15-18-17(21-11-20-15)13-4-2-1-3-5-14(13)22-18/h6-9,11,16,22-23H,1-5,10H2. The van der Waals surface area contributed by atoms with E-state index in [-0.39, 0.29) is 0 Å². The van der Waals surface area contributed by atoms with Crippen molar-refractivity contribution in [2.75, 3.05) is 0 Å². The number of aryl methyl sites for hydroxylation is 2. The number of nitrogens with one attached hydrogen (secondary N) is 1. The molecule has 0 saturated heterocycles. The number of aromatic nitrogens is 4. The zero-order chi connectivity index (χ0) is 15.6. The number of nitrogens with zero attached hydrogens (tertiary/aromatic N) is 3. The van der Waals surface area contributed by atoms with Crippen LogP contribution in [0, 0.1) is 0 Å². The molecule has 3 aromatic rings. The predicted octanol–water partition coefficient (Wildman–Crippen LogP) is 2.90. The third-order valence-corrected chi connectivity index (χ3v) is 4.68. The zero-order valence-corrected chi connectivity index (χ0v) is 13.0. The van der Waals surface area contributed by atoms with Gasteiger partial charge < -0.3 is 10.1 Å². The molecule has 4 rings (SSSR count). The van der Waals surface area contributed by atoms with E-state index in [0.29, 0.717) is 6.42 Å². The highest BCUT2D eigenvalue weighted by atomic mass is 16.3. The number of rotatable bonds is 3. The molecule has 0 saturated carbocycles.